The molecule has 1 aromatic heterocycles. The van der Waals surface area contributed by atoms with E-state index in [1.54, 1.807) is 0 Å². The fraction of sp³-hybridized carbons (Fsp3) is 0. The number of rotatable bonds is 5. The van der Waals surface area contributed by atoms with Crippen molar-refractivity contribution in [2.75, 3.05) is 4.90 Å². The fourth-order valence-electron chi connectivity index (χ4n) is 9.22. The molecular weight excluding hydrogens is 719 g/mol. The standard InChI is InChI=1S/C56H35NS/c1-2-13-38-32-39(25-24-36(38)12-1)37-26-28-43(29-27-37)57(55-47-18-6-4-15-42(47)35-53-51-21-9-10-23-54(51)58-56(53)55)44-30-31-46-40(33-44)16-11-22-49(46)52-34-41-14-3-5-17-45(41)48-19-7-8-20-50(48)52/h1-35H. The first-order valence-corrected chi connectivity index (χ1v) is 20.7. The molecule has 0 unspecified atom stereocenters. The lowest BCUT2D eigenvalue weighted by Gasteiger charge is -2.28. The predicted octanol–water partition coefficient (Wildman–Crippen LogP) is 16.6. The average Bonchev–Trinajstić information content (AvgIpc) is 3.66. The molecule has 270 valence electrons. The van der Waals surface area contributed by atoms with Crippen LogP contribution in [0.4, 0.5) is 17.1 Å². The lowest BCUT2D eigenvalue weighted by molar-refractivity contribution is 1.32. The van der Waals surface area contributed by atoms with Crippen LogP contribution in [0.3, 0.4) is 0 Å². The molecule has 11 aromatic carbocycles. The summed E-state index contributed by atoms with van der Waals surface area (Å²) in [4.78, 5) is 2.50. The molecule has 12 rings (SSSR count). The lowest BCUT2D eigenvalue weighted by Crippen LogP contribution is -2.11. The minimum absolute atomic E-state index is 1.12. The van der Waals surface area contributed by atoms with Crippen LogP contribution in [0.15, 0.2) is 212 Å². The van der Waals surface area contributed by atoms with Crippen molar-refractivity contribution >= 4 is 102 Å². The smallest absolute Gasteiger partial charge is 0.0718 e. The number of hydrogen-bond donors (Lipinski definition) is 0. The van der Waals surface area contributed by atoms with Crippen molar-refractivity contribution in [2.45, 2.75) is 0 Å². The van der Waals surface area contributed by atoms with E-state index in [4.69, 9.17) is 0 Å². The van der Waals surface area contributed by atoms with E-state index in [-0.39, 0.29) is 0 Å². The highest BCUT2D eigenvalue weighted by molar-refractivity contribution is 7.26. The summed E-state index contributed by atoms with van der Waals surface area (Å²) in [6.07, 6.45) is 0. The number of anilines is 3. The molecule has 0 aliphatic rings. The van der Waals surface area contributed by atoms with Crippen LogP contribution in [-0.2, 0) is 0 Å². The van der Waals surface area contributed by atoms with Gasteiger partial charge in [-0.05, 0) is 119 Å². The number of benzene rings is 11. The summed E-state index contributed by atoms with van der Waals surface area (Å²) in [7, 11) is 0. The molecule has 0 saturated heterocycles. The van der Waals surface area contributed by atoms with Gasteiger partial charge in [-0.15, -0.1) is 11.3 Å². The summed E-state index contributed by atoms with van der Waals surface area (Å²) in [5, 5.41) is 15.1. The van der Waals surface area contributed by atoms with Gasteiger partial charge in [0.15, 0.2) is 0 Å². The van der Waals surface area contributed by atoms with Gasteiger partial charge in [0, 0.05) is 32.2 Å². The Morgan fingerprint density at radius 1 is 0.293 bits per heavy atom. The zero-order valence-corrected chi connectivity index (χ0v) is 32.4. The third-order valence-corrected chi connectivity index (χ3v) is 13.2. The molecule has 2 heteroatoms. The van der Waals surface area contributed by atoms with Gasteiger partial charge < -0.3 is 4.90 Å². The van der Waals surface area contributed by atoms with Crippen LogP contribution < -0.4 is 4.90 Å². The Labute approximate surface area is 340 Å². The van der Waals surface area contributed by atoms with Gasteiger partial charge in [-0.25, -0.2) is 0 Å². The summed E-state index contributed by atoms with van der Waals surface area (Å²) >= 11 is 1.89. The molecule has 0 amide bonds. The molecule has 0 radical (unpaired) electrons. The summed E-state index contributed by atoms with van der Waals surface area (Å²) in [6.45, 7) is 0. The molecule has 0 saturated carbocycles. The Hall–Kier alpha value is -7.26. The maximum absolute atomic E-state index is 2.50. The number of thiophene rings is 1. The number of hydrogen-bond acceptors (Lipinski definition) is 2. The largest absolute Gasteiger partial charge is 0.308 e. The Bertz CT molecular complexity index is 3580. The first-order chi connectivity index (χ1) is 28.7. The van der Waals surface area contributed by atoms with Gasteiger partial charge in [0.2, 0.25) is 0 Å². The van der Waals surface area contributed by atoms with E-state index in [1.807, 2.05) is 11.3 Å². The molecular formula is C56H35NS. The minimum atomic E-state index is 1.12. The van der Waals surface area contributed by atoms with Crippen molar-refractivity contribution in [3.63, 3.8) is 0 Å². The zero-order valence-electron chi connectivity index (χ0n) is 31.6. The van der Waals surface area contributed by atoms with Crippen LogP contribution in [0.5, 0.6) is 0 Å². The average molecular weight is 754 g/mol. The normalized spacial score (nSPS) is 11.8. The van der Waals surface area contributed by atoms with Gasteiger partial charge in [0.25, 0.3) is 0 Å². The van der Waals surface area contributed by atoms with Crippen LogP contribution in [0.25, 0.3) is 96.3 Å². The molecule has 0 atom stereocenters. The SMILES string of the molecule is c1ccc2cc(-c3ccc(N(c4ccc5c(-c6cc7ccccc7c7ccccc67)cccc5c4)c4c5ccccc5cc5c4sc4ccccc45)cc3)ccc2c1. The Morgan fingerprint density at radius 2 is 0.897 bits per heavy atom. The fourth-order valence-corrected chi connectivity index (χ4v) is 10.5. The number of fused-ring (bicyclic) bond motifs is 9. The predicted molar refractivity (Wildman–Crippen MR) is 252 cm³/mol. The van der Waals surface area contributed by atoms with Crippen molar-refractivity contribution in [2.24, 2.45) is 0 Å². The maximum atomic E-state index is 2.50. The molecule has 12 aromatic rings. The van der Waals surface area contributed by atoms with Crippen LogP contribution in [0.2, 0.25) is 0 Å². The Morgan fingerprint density at radius 3 is 1.72 bits per heavy atom. The molecule has 0 bridgehead atoms. The number of nitrogens with zero attached hydrogens (tertiary/aromatic N) is 1. The maximum Gasteiger partial charge on any atom is 0.0718 e. The van der Waals surface area contributed by atoms with Gasteiger partial charge in [0.05, 0.1) is 10.4 Å². The minimum Gasteiger partial charge on any atom is -0.308 e. The summed E-state index contributed by atoms with van der Waals surface area (Å²) in [5.41, 5.74) is 8.38. The third-order valence-electron chi connectivity index (χ3n) is 12.0. The van der Waals surface area contributed by atoms with Crippen LogP contribution in [0, 0.1) is 0 Å². The van der Waals surface area contributed by atoms with Crippen molar-refractivity contribution in [1.29, 1.82) is 0 Å². The van der Waals surface area contributed by atoms with Crippen molar-refractivity contribution in [1.82, 2.24) is 0 Å². The second-order valence-corrected chi connectivity index (χ2v) is 16.3. The van der Waals surface area contributed by atoms with E-state index in [1.165, 1.54) is 102 Å². The monoisotopic (exact) mass is 753 g/mol. The van der Waals surface area contributed by atoms with Crippen LogP contribution >= 0.6 is 11.3 Å². The summed E-state index contributed by atoms with van der Waals surface area (Å²) < 4.78 is 2.58. The van der Waals surface area contributed by atoms with Crippen molar-refractivity contribution < 1.29 is 0 Å². The summed E-state index contributed by atoms with van der Waals surface area (Å²) in [5.74, 6) is 0. The van der Waals surface area contributed by atoms with Gasteiger partial charge in [-0.2, -0.15) is 0 Å². The van der Waals surface area contributed by atoms with Gasteiger partial charge in [-0.1, -0.05) is 164 Å². The van der Waals surface area contributed by atoms with E-state index in [0.717, 1.165) is 11.4 Å². The second-order valence-electron chi connectivity index (χ2n) is 15.3. The Kier molecular flexibility index (Phi) is 7.47. The van der Waals surface area contributed by atoms with E-state index in [9.17, 15) is 0 Å². The quantitative estimate of drug-likeness (QED) is 0.158. The Balaban J connectivity index is 1.09. The van der Waals surface area contributed by atoms with Crippen molar-refractivity contribution in [3.05, 3.63) is 212 Å². The highest BCUT2D eigenvalue weighted by atomic mass is 32.1. The molecule has 0 spiro atoms. The topological polar surface area (TPSA) is 3.24 Å². The van der Waals surface area contributed by atoms with Gasteiger partial charge >= 0.3 is 0 Å². The molecule has 0 fully saturated rings. The second kappa shape index (κ2) is 13.2. The van der Waals surface area contributed by atoms with Gasteiger partial charge in [-0.3, -0.25) is 0 Å². The molecule has 1 heterocycles. The van der Waals surface area contributed by atoms with Crippen LogP contribution in [-0.4, -0.2) is 0 Å². The first-order valence-electron chi connectivity index (χ1n) is 19.9. The molecule has 1 nitrogen and oxygen atoms in total. The van der Waals surface area contributed by atoms with Crippen LogP contribution in [0.1, 0.15) is 0 Å². The molecule has 58 heavy (non-hydrogen) atoms. The lowest BCUT2D eigenvalue weighted by atomic mass is 9.90. The summed E-state index contributed by atoms with van der Waals surface area (Å²) in [6, 6.07) is 78.4. The van der Waals surface area contributed by atoms with E-state index >= 15 is 0 Å². The highest BCUT2D eigenvalue weighted by Gasteiger charge is 2.22. The van der Waals surface area contributed by atoms with E-state index < -0.39 is 0 Å². The zero-order chi connectivity index (χ0) is 38.2. The molecule has 0 aliphatic heterocycles. The molecule has 0 N–H and O–H groups in total. The highest BCUT2D eigenvalue weighted by Crippen LogP contribution is 2.49. The molecule has 0 aliphatic carbocycles. The van der Waals surface area contributed by atoms with Crippen molar-refractivity contribution in [3.8, 4) is 22.3 Å². The van der Waals surface area contributed by atoms with E-state index in [0.29, 0.717) is 0 Å². The van der Waals surface area contributed by atoms with Gasteiger partial charge in [0.1, 0.15) is 0 Å². The third kappa shape index (κ3) is 5.23. The van der Waals surface area contributed by atoms with E-state index in [2.05, 4.69) is 217 Å². The first kappa shape index (κ1) is 32.9.